The summed E-state index contributed by atoms with van der Waals surface area (Å²) in [5.74, 6) is 0. The van der Waals surface area contributed by atoms with E-state index in [4.69, 9.17) is 11.6 Å². The van der Waals surface area contributed by atoms with E-state index in [0.29, 0.717) is 0 Å². The van der Waals surface area contributed by atoms with Crippen LogP contribution in [-0.4, -0.2) is 0 Å². The first-order chi connectivity index (χ1) is 15.8. The van der Waals surface area contributed by atoms with E-state index in [1.807, 2.05) is 12.1 Å². The standard InChI is InChI=1S/C31H21Cl/c32-26-20-16-23(17-21-26)22-14-18-25(19-15-22)31(24-8-2-1-3-9-24)29-12-6-4-10-27(29)28-11-5-7-13-30(28)31/h1-21H. The molecule has 5 aromatic carbocycles. The first-order valence-corrected chi connectivity index (χ1v) is 11.3. The minimum atomic E-state index is -0.340. The second-order valence-electron chi connectivity index (χ2n) is 8.29. The Morgan fingerprint density at radius 2 is 0.844 bits per heavy atom. The molecule has 0 saturated carbocycles. The maximum Gasteiger partial charge on any atom is 0.0713 e. The van der Waals surface area contributed by atoms with Gasteiger partial charge in [0.15, 0.2) is 0 Å². The zero-order valence-corrected chi connectivity index (χ0v) is 18.3. The summed E-state index contributed by atoms with van der Waals surface area (Å²) in [5, 5.41) is 0.757. The van der Waals surface area contributed by atoms with Gasteiger partial charge in [-0.2, -0.15) is 0 Å². The summed E-state index contributed by atoms with van der Waals surface area (Å²) < 4.78 is 0. The first-order valence-electron chi connectivity index (χ1n) is 10.9. The van der Waals surface area contributed by atoms with E-state index in [-0.39, 0.29) is 5.41 Å². The molecule has 0 bridgehead atoms. The molecule has 0 fully saturated rings. The molecule has 0 atom stereocenters. The average molecular weight is 429 g/mol. The third kappa shape index (κ3) is 2.77. The molecule has 0 unspecified atom stereocenters. The minimum Gasteiger partial charge on any atom is -0.0843 e. The van der Waals surface area contributed by atoms with E-state index in [0.717, 1.165) is 5.02 Å². The van der Waals surface area contributed by atoms with Gasteiger partial charge in [0.25, 0.3) is 0 Å². The van der Waals surface area contributed by atoms with Gasteiger partial charge in [-0.15, -0.1) is 0 Å². The van der Waals surface area contributed by atoms with Crippen LogP contribution in [0.2, 0.25) is 5.02 Å². The Hall–Kier alpha value is -3.61. The molecule has 0 radical (unpaired) electrons. The molecule has 0 saturated heterocycles. The lowest BCUT2D eigenvalue weighted by atomic mass is 9.67. The zero-order valence-electron chi connectivity index (χ0n) is 17.5. The van der Waals surface area contributed by atoms with E-state index >= 15 is 0 Å². The predicted molar refractivity (Wildman–Crippen MR) is 134 cm³/mol. The lowest BCUT2D eigenvalue weighted by molar-refractivity contribution is 0.768. The highest BCUT2D eigenvalue weighted by Crippen LogP contribution is 2.55. The van der Waals surface area contributed by atoms with Crippen molar-refractivity contribution in [3.8, 4) is 22.3 Å². The van der Waals surface area contributed by atoms with Gasteiger partial charge < -0.3 is 0 Å². The number of rotatable bonds is 3. The quantitative estimate of drug-likeness (QED) is 0.265. The van der Waals surface area contributed by atoms with E-state index in [9.17, 15) is 0 Å². The second-order valence-corrected chi connectivity index (χ2v) is 8.73. The molecule has 0 nitrogen and oxygen atoms in total. The molecule has 1 aliphatic rings. The van der Waals surface area contributed by atoms with Crippen molar-refractivity contribution in [2.75, 3.05) is 0 Å². The summed E-state index contributed by atoms with van der Waals surface area (Å²) in [6.07, 6.45) is 0. The van der Waals surface area contributed by atoms with E-state index in [1.54, 1.807) is 0 Å². The summed E-state index contributed by atoms with van der Waals surface area (Å²) in [6.45, 7) is 0. The highest BCUT2D eigenvalue weighted by molar-refractivity contribution is 6.30. The molecule has 152 valence electrons. The van der Waals surface area contributed by atoms with Gasteiger partial charge in [0, 0.05) is 5.02 Å². The highest BCUT2D eigenvalue weighted by atomic mass is 35.5. The first kappa shape index (κ1) is 19.1. The fourth-order valence-electron chi connectivity index (χ4n) is 5.27. The number of fused-ring (bicyclic) bond motifs is 3. The van der Waals surface area contributed by atoms with Crippen LogP contribution in [0.25, 0.3) is 22.3 Å². The Bertz CT molecular complexity index is 1350. The number of benzene rings is 5. The Balaban J connectivity index is 1.62. The molecule has 1 aliphatic carbocycles. The van der Waals surface area contributed by atoms with Crippen LogP contribution in [0.1, 0.15) is 22.3 Å². The zero-order chi connectivity index (χ0) is 21.5. The van der Waals surface area contributed by atoms with Crippen LogP contribution in [0, 0.1) is 0 Å². The average Bonchev–Trinajstić information content (AvgIpc) is 3.17. The van der Waals surface area contributed by atoms with Crippen LogP contribution in [0.3, 0.4) is 0 Å². The Morgan fingerprint density at radius 1 is 0.406 bits per heavy atom. The number of hydrogen-bond donors (Lipinski definition) is 0. The second kappa shape index (κ2) is 7.51. The molecule has 0 aromatic heterocycles. The van der Waals surface area contributed by atoms with Gasteiger partial charge in [-0.1, -0.05) is 127 Å². The Morgan fingerprint density at radius 3 is 1.41 bits per heavy atom. The Kier molecular flexibility index (Phi) is 4.48. The van der Waals surface area contributed by atoms with Crippen LogP contribution < -0.4 is 0 Å². The normalized spacial score (nSPS) is 13.4. The molecule has 1 heteroatoms. The van der Waals surface area contributed by atoms with Gasteiger partial charge >= 0.3 is 0 Å². The van der Waals surface area contributed by atoms with Crippen molar-refractivity contribution in [3.05, 3.63) is 155 Å². The monoisotopic (exact) mass is 428 g/mol. The molecule has 0 N–H and O–H groups in total. The Labute approximate surface area is 193 Å². The van der Waals surface area contributed by atoms with E-state index in [1.165, 1.54) is 44.5 Å². The molecule has 0 amide bonds. The topological polar surface area (TPSA) is 0 Å². The van der Waals surface area contributed by atoms with Crippen LogP contribution in [0.4, 0.5) is 0 Å². The third-order valence-electron chi connectivity index (χ3n) is 6.65. The van der Waals surface area contributed by atoms with Crippen LogP contribution in [0.15, 0.2) is 127 Å². The van der Waals surface area contributed by atoms with E-state index < -0.39 is 0 Å². The van der Waals surface area contributed by atoms with Crippen LogP contribution >= 0.6 is 11.6 Å². The van der Waals surface area contributed by atoms with Gasteiger partial charge in [-0.05, 0) is 56.6 Å². The van der Waals surface area contributed by atoms with Gasteiger partial charge in [-0.3, -0.25) is 0 Å². The fourth-order valence-corrected chi connectivity index (χ4v) is 5.39. The molecule has 32 heavy (non-hydrogen) atoms. The van der Waals surface area contributed by atoms with Gasteiger partial charge in [-0.25, -0.2) is 0 Å². The lowest BCUT2D eigenvalue weighted by Gasteiger charge is -2.34. The molecular formula is C31H21Cl. The number of hydrogen-bond acceptors (Lipinski definition) is 0. The smallest absolute Gasteiger partial charge is 0.0713 e. The lowest BCUT2D eigenvalue weighted by Crippen LogP contribution is -2.28. The van der Waals surface area contributed by atoms with Crippen molar-refractivity contribution in [2.45, 2.75) is 5.41 Å². The molecule has 0 spiro atoms. The maximum atomic E-state index is 6.09. The fraction of sp³-hybridized carbons (Fsp3) is 0.0323. The molecule has 6 rings (SSSR count). The van der Waals surface area contributed by atoms with Crippen molar-refractivity contribution in [1.82, 2.24) is 0 Å². The molecule has 0 aliphatic heterocycles. The maximum absolute atomic E-state index is 6.09. The SMILES string of the molecule is Clc1ccc(-c2ccc(C3(c4ccccc4)c4ccccc4-c4ccccc43)cc2)cc1. The molecule has 5 aromatic rings. The number of halogens is 1. The summed E-state index contributed by atoms with van der Waals surface area (Å²) in [4.78, 5) is 0. The van der Waals surface area contributed by atoms with Gasteiger partial charge in [0.1, 0.15) is 0 Å². The summed E-state index contributed by atoms with van der Waals surface area (Å²) in [7, 11) is 0. The largest absolute Gasteiger partial charge is 0.0843 e. The van der Waals surface area contributed by atoms with E-state index in [2.05, 4.69) is 115 Å². The highest BCUT2D eigenvalue weighted by Gasteiger charge is 2.45. The predicted octanol–water partition coefficient (Wildman–Crippen LogP) is 8.37. The summed E-state index contributed by atoms with van der Waals surface area (Å²) in [5.41, 5.74) is 9.89. The van der Waals surface area contributed by atoms with Crippen molar-refractivity contribution < 1.29 is 0 Å². The van der Waals surface area contributed by atoms with Crippen LogP contribution in [0.5, 0.6) is 0 Å². The summed E-state index contributed by atoms with van der Waals surface area (Å²) >= 11 is 6.09. The van der Waals surface area contributed by atoms with Crippen molar-refractivity contribution in [2.24, 2.45) is 0 Å². The van der Waals surface area contributed by atoms with Gasteiger partial charge in [0.2, 0.25) is 0 Å². The van der Waals surface area contributed by atoms with Crippen molar-refractivity contribution in [3.63, 3.8) is 0 Å². The molecular weight excluding hydrogens is 408 g/mol. The minimum absolute atomic E-state index is 0.340. The molecule has 0 heterocycles. The summed E-state index contributed by atoms with van der Waals surface area (Å²) in [6, 6.07) is 45.6. The van der Waals surface area contributed by atoms with Crippen LogP contribution in [-0.2, 0) is 5.41 Å². The van der Waals surface area contributed by atoms with Crippen molar-refractivity contribution >= 4 is 11.6 Å². The van der Waals surface area contributed by atoms with Crippen molar-refractivity contribution in [1.29, 1.82) is 0 Å². The van der Waals surface area contributed by atoms with Gasteiger partial charge in [0.05, 0.1) is 5.41 Å². The third-order valence-corrected chi connectivity index (χ3v) is 6.91.